The van der Waals surface area contributed by atoms with E-state index in [4.69, 9.17) is 0 Å². The number of carbonyl (C=O) groups excluding carboxylic acids is 1. The number of carbonyl (C=O) groups is 1. The molecule has 1 aromatic carbocycles. The van der Waals surface area contributed by atoms with E-state index in [9.17, 15) is 20.0 Å². The van der Waals surface area contributed by atoms with E-state index in [1.54, 1.807) is 18.2 Å². The Morgan fingerprint density at radius 1 is 1.38 bits per heavy atom. The van der Waals surface area contributed by atoms with Gasteiger partial charge >= 0.3 is 0 Å². The van der Waals surface area contributed by atoms with Crippen molar-refractivity contribution in [2.75, 3.05) is 18.4 Å². The Balaban J connectivity index is 2.42. The summed E-state index contributed by atoms with van der Waals surface area (Å²) in [4.78, 5) is 21.9. The molecule has 1 aromatic rings. The Bertz CT molecular complexity index is 491. The molecule has 1 amide bonds. The summed E-state index contributed by atoms with van der Waals surface area (Å²) in [6.07, 6.45) is 0.0257. The molecule has 7 nitrogen and oxygen atoms in total. The second kappa shape index (κ2) is 8.21. The first-order valence-corrected chi connectivity index (χ1v) is 6.82. The number of anilines is 1. The fraction of sp³-hybridized carbons (Fsp3) is 0.500. The van der Waals surface area contributed by atoms with Gasteiger partial charge in [-0.2, -0.15) is 0 Å². The van der Waals surface area contributed by atoms with Gasteiger partial charge in [-0.25, -0.2) is 0 Å². The van der Waals surface area contributed by atoms with E-state index in [0.29, 0.717) is 18.0 Å². The van der Waals surface area contributed by atoms with Gasteiger partial charge in [0, 0.05) is 12.6 Å². The molecule has 0 saturated carbocycles. The Kier molecular flexibility index (Phi) is 6.61. The number of para-hydroxylation sites is 2. The van der Waals surface area contributed by atoms with Crippen LogP contribution in [-0.4, -0.2) is 35.1 Å². The molecule has 0 heterocycles. The van der Waals surface area contributed by atoms with Crippen LogP contribution in [0.4, 0.5) is 11.4 Å². The molecule has 116 valence electrons. The molecule has 0 aliphatic rings. The molecule has 1 unspecified atom stereocenters. The Morgan fingerprint density at radius 2 is 2.05 bits per heavy atom. The molecule has 7 heteroatoms. The lowest BCUT2D eigenvalue weighted by molar-refractivity contribution is -0.383. The number of nitro benzene ring substituents is 1. The van der Waals surface area contributed by atoms with Crippen molar-refractivity contribution in [1.29, 1.82) is 0 Å². The van der Waals surface area contributed by atoms with Crippen LogP contribution in [0.1, 0.15) is 20.3 Å². The van der Waals surface area contributed by atoms with Crippen LogP contribution in [0.25, 0.3) is 0 Å². The number of rotatable bonds is 8. The standard InChI is InChI=1S/C14H21N3O4/c1-10(2)7-11(18)8-16-14(19)9-15-12-5-3-4-6-13(12)17(20)21/h3-6,10-11,15,18H,7-9H2,1-2H3,(H,16,19). The van der Waals surface area contributed by atoms with Crippen LogP contribution in [0.3, 0.4) is 0 Å². The van der Waals surface area contributed by atoms with Crippen LogP contribution < -0.4 is 10.6 Å². The molecule has 1 atom stereocenters. The number of hydrogen-bond acceptors (Lipinski definition) is 5. The van der Waals surface area contributed by atoms with Crippen molar-refractivity contribution in [1.82, 2.24) is 5.32 Å². The molecule has 3 N–H and O–H groups in total. The van der Waals surface area contributed by atoms with Gasteiger partial charge in [0.05, 0.1) is 17.6 Å². The summed E-state index contributed by atoms with van der Waals surface area (Å²) >= 11 is 0. The van der Waals surface area contributed by atoms with E-state index in [-0.39, 0.29) is 24.7 Å². The van der Waals surface area contributed by atoms with Crippen molar-refractivity contribution < 1.29 is 14.8 Å². The van der Waals surface area contributed by atoms with Crippen LogP contribution in [0.5, 0.6) is 0 Å². The van der Waals surface area contributed by atoms with Crippen LogP contribution in [-0.2, 0) is 4.79 Å². The zero-order chi connectivity index (χ0) is 15.8. The second-order valence-corrected chi connectivity index (χ2v) is 5.22. The molecule has 0 radical (unpaired) electrons. The Morgan fingerprint density at radius 3 is 2.67 bits per heavy atom. The number of nitrogens with one attached hydrogen (secondary N) is 2. The molecule has 0 fully saturated rings. The lowest BCUT2D eigenvalue weighted by Gasteiger charge is -2.14. The van der Waals surface area contributed by atoms with Crippen molar-refractivity contribution in [3.05, 3.63) is 34.4 Å². The molecular weight excluding hydrogens is 274 g/mol. The average Bonchev–Trinajstić information content (AvgIpc) is 2.42. The van der Waals surface area contributed by atoms with Crippen LogP contribution in [0, 0.1) is 16.0 Å². The molecule has 0 saturated heterocycles. The summed E-state index contributed by atoms with van der Waals surface area (Å²) in [5.41, 5.74) is 0.213. The van der Waals surface area contributed by atoms with Crippen molar-refractivity contribution in [3.8, 4) is 0 Å². The molecule has 1 rings (SSSR count). The lowest BCUT2D eigenvalue weighted by Crippen LogP contribution is -2.36. The summed E-state index contributed by atoms with van der Waals surface area (Å²) in [5.74, 6) is 0.0259. The first kappa shape index (κ1) is 16.9. The van der Waals surface area contributed by atoms with Crippen LogP contribution in [0.15, 0.2) is 24.3 Å². The maximum absolute atomic E-state index is 11.6. The predicted molar refractivity (Wildman–Crippen MR) is 80.1 cm³/mol. The van der Waals surface area contributed by atoms with Crippen LogP contribution >= 0.6 is 0 Å². The quantitative estimate of drug-likeness (QED) is 0.498. The van der Waals surface area contributed by atoms with Gasteiger partial charge in [0.1, 0.15) is 5.69 Å². The van der Waals surface area contributed by atoms with Gasteiger partial charge in [-0.1, -0.05) is 26.0 Å². The third kappa shape index (κ3) is 6.22. The smallest absolute Gasteiger partial charge is 0.292 e. The van der Waals surface area contributed by atoms with E-state index >= 15 is 0 Å². The third-order valence-electron chi connectivity index (χ3n) is 2.82. The number of aliphatic hydroxyl groups is 1. The van der Waals surface area contributed by atoms with Gasteiger partial charge < -0.3 is 15.7 Å². The maximum atomic E-state index is 11.6. The number of hydrogen-bond donors (Lipinski definition) is 3. The summed E-state index contributed by atoms with van der Waals surface area (Å²) < 4.78 is 0. The normalized spacial score (nSPS) is 12.0. The van der Waals surface area contributed by atoms with Gasteiger partial charge in [0.25, 0.3) is 5.69 Å². The van der Waals surface area contributed by atoms with Gasteiger partial charge in [0.2, 0.25) is 5.91 Å². The monoisotopic (exact) mass is 295 g/mol. The molecule has 0 aliphatic carbocycles. The minimum absolute atomic E-state index is 0.0786. The predicted octanol–water partition coefficient (Wildman–Crippen LogP) is 1.53. The molecule has 0 aromatic heterocycles. The van der Waals surface area contributed by atoms with Gasteiger partial charge in [-0.05, 0) is 18.4 Å². The lowest BCUT2D eigenvalue weighted by atomic mass is 10.1. The van der Waals surface area contributed by atoms with Crippen molar-refractivity contribution in [2.45, 2.75) is 26.4 Å². The van der Waals surface area contributed by atoms with E-state index in [0.717, 1.165) is 0 Å². The second-order valence-electron chi connectivity index (χ2n) is 5.22. The summed E-state index contributed by atoms with van der Waals surface area (Å²) in [6.45, 7) is 4.07. The molecular formula is C14H21N3O4. The SMILES string of the molecule is CC(C)CC(O)CNC(=O)CNc1ccccc1[N+](=O)[O-]. The highest BCUT2D eigenvalue weighted by Crippen LogP contribution is 2.22. The molecule has 0 bridgehead atoms. The first-order valence-electron chi connectivity index (χ1n) is 6.82. The van der Waals surface area contributed by atoms with E-state index in [1.165, 1.54) is 6.07 Å². The Labute approximate surface area is 123 Å². The minimum Gasteiger partial charge on any atom is -0.391 e. The number of nitro groups is 1. The Hall–Kier alpha value is -2.15. The van der Waals surface area contributed by atoms with E-state index in [2.05, 4.69) is 10.6 Å². The van der Waals surface area contributed by atoms with Crippen molar-refractivity contribution in [2.24, 2.45) is 5.92 Å². The highest BCUT2D eigenvalue weighted by Gasteiger charge is 2.13. The minimum atomic E-state index is -0.583. The average molecular weight is 295 g/mol. The van der Waals surface area contributed by atoms with E-state index < -0.39 is 11.0 Å². The fourth-order valence-corrected chi connectivity index (χ4v) is 1.88. The maximum Gasteiger partial charge on any atom is 0.292 e. The zero-order valence-electron chi connectivity index (χ0n) is 12.2. The molecule has 0 spiro atoms. The largest absolute Gasteiger partial charge is 0.391 e. The number of amides is 1. The van der Waals surface area contributed by atoms with E-state index in [1.807, 2.05) is 13.8 Å². The topological polar surface area (TPSA) is 104 Å². The molecule has 21 heavy (non-hydrogen) atoms. The highest BCUT2D eigenvalue weighted by molar-refractivity contribution is 5.81. The number of nitrogens with zero attached hydrogens (tertiary/aromatic N) is 1. The molecule has 0 aliphatic heterocycles. The van der Waals surface area contributed by atoms with Gasteiger partial charge in [-0.3, -0.25) is 14.9 Å². The van der Waals surface area contributed by atoms with Crippen molar-refractivity contribution in [3.63, 3.8) is 0 Å². The number of aliphatic hydroxyl groups excluding tert-OH is 1. The zero-order valence-corrected chi connectivity index (χ0v) is 12.2. The summed E-state index contributed by atoms with van der Waals surface area (Å²) in [6, 6.07) is 6.12. The van der Waals surface area contributed by atoms with Crippen molar-refractivity contribution >= 4 is 17.3 Å². The van der Waals surface area contributed by atoms with Gasteiger partial charge in [-0.15, -0.1) is 0 Å². The fourth-order valence-electron chi connectivity index (χ4n) is 1.88. The highest BCUT2D eigenvalue weighted by atomic mass is 16.6. The summed E-state index contributed by atoms with van der Waals surface area (Å²) in [7, 11) is 0. The first-order chi connectivity index (χ1) is 9.90. The van der Waals surface area contributed by atoms with Gasteiger partial charge in [0.15, 0.2) is 0 Å². The summed E-state index contributed by atoms with van der Waals surface area (Å²) in [5, 5.41) is 25.8. The third-order valence-corrected chi connectivity index (χ3v) is 2.82. The van der Waals surface area contributed by atoms with Crippen LogP contribution in [0.2, 0.25) is 0 Å². The number of benzene rings is 1.